The molecule has 0 spiro atoms. The minimum absolute atomic E-state index is 0.112. The first-order chi connectivity index (χ1) is 12.6. The highest BCUT2D eigenvalue weighted by atomic mass is 32.2. The summed E-state index contributed by atoms with van der Waals surface area (Å²) in [6.45, 7) is 3.98. The fourth-order valence-corrected chi connectivity index (χ4v) is 4.52. The number of para-hydroxylation sites is 1. The molecule has 3 heterocycles. The van der Waals surface area contributed by atoms with E-state index in [4.69, 9.17) is 0 Å². The van der Waals surface area contributed by atoms with E-state index in [1.54, 1.807) is 17.5 Å². The molecule has 4 nitrogen and oxygen atoms in total. The van der Waals surface area contributed by atoms with Crippen LogP contribution in [0.5, 0.6) is 0 Å². The molecule has 26 heavy (non-hydrogen) atoms. The van der Waals surface area contributed by atoms with Crippen molar-refractivity contribution >= 4 is 39.8 Å². The van der Waals surface area contributed by atoms with Crippen LogP contribution in [0.4, 0.5) is 0 Å². The Labute approximate surface area is 159 Å². The molecule has 0 unspecified atom stereocenters. The molecule has 0 atom stereocenters. The predicted octanol–water partition coefficient (Wildman–Crippen LogP) is 5.07. The molecule has 0 N–H and O–H groups in total. The number of ketones is 1. The monoisotopic (exact) mass is 379 g/mol. The van der Waals surface area contributed by atoms with E-state index < -0.39 is 0 Å². The number of thioether (sulfide) groups is 1. The molecule has 130 valence electrons. The summed E-state index contributed by atoms with van der Waals surface area (Å²) in [6.07, 6.45) is 1.78. The molecular weight excluding hydrogens is 362 g/mol. The van der Waals surface area contributed by atoms with Crippen LogP contribution in [-0.2, 0) is 0 Å². The summed E-state index contributed by atoms with van der Waals surface area (Å²) in [5.74, 6) is 0.480. The summed E-state index contributed by atoms with van der Waals surface area (Å²) in [5.41, 5.74) is 3.67. The maximum atomic E-state index is 12.8. The van der Waals surface area contributed by atoms with Crippen LogP contribution in [0.2, 0.25) is 0 Å². The zero-order valence-electron chi connectivity index (χ0n) is 14.5. The number of thiazole rings is 1. The molecule has 0 saturated heterocycles. The number of carbonyl (C=O) groups excluding carboxylic acids is 1. The van der Waals surface area contributed by atoms with Gasteiger partial charge in [0.1, 0.15) is 0 Å². The number of Topliss-reactive ketones (excluding diaryl/α,β-unsaturated/α-hetero) is 1. The third-order valence-corrected chi connectivity index (χ3v) is 5.95. The second-order valence-corrected chi connectivity index (χ2v) is 7.86. The number of benzene rings is 1. The highest BCUT2D eigenvalue weighted by Crippen LogP contribution is 2.25. The second-order valence-electron chi connectivity index (χ2n) is 5.99. The molecule has 1 aromatic carbocycles. The van der Waals surface area contributed by atoms with Gasteiger partial charge in [0, 0.05) is 33.9 Å². The Hall–Kier alpha value is -2.44. The van der Waals surface area contributed by atoms with Gasteiger partial charge in [0.05, 0.1) is 16.3 Å². The fourth-order valence-electron chi connectivity index (χ4n) is 3.01. The molecular formula is C20H17N3OS2. The van der Waals surface area contributed by atoms with Crippen molar-refractivity contribution in [3.05, 3.63) is 71.0 Å². The fraction of sp³-hybridized carbons (Fsp3) is 0.150. The normalized spacial score (nSPS) is 11.2. The van der Waals surface area contributed by atoms with Crippen LogP contribution in [0.15, 0.2) is 59.1 Å². The lowest BCUT2D eigenvalue weighted by Crippen LogP contribution is -2.05. The maximum Gasteiger partial charge on any atom is 0.193 e. The van der Waals surface area contributed by atoms with E-state index in [9.17, 15) is 4.79 Å². The van der Waals surface area contributed by atoms with Crippen molar-refractivity contribution < 1.29 is 4.79 Å². The Morgan fingerprint density at radius 1 is 1.19 bits per heavy atom. The maximum absolute atomic E-state index is 12.8. The smallest absolute Gasteiger partial charge is 0.193 e. The van der Waals surface area contributed by atoms with Gasteiger partial charge in [-0.2, -0.15) is 0 Å². The summed E-state index contributed by atoms with van der Waals surface area (Å²) in [6, 6.07) is 14.0. The summed E-state index contributed by atoms with van der Waals surface area (Å²) in [7, 11) is 0. The van der Waals surface area contributed by atoms with E-state index in [0.717, 1.165) is 38.0 Å². The van der Waals surface area contributed by atoms with Gasteiger partial charge in [-0.05, 0) is 32.0 Å². The van der Waals surface area contributed by atoms with Crippen molar-refractivity contribution in [3.8, 4) is 5.13 Å². The zero-order valence-corrected chi connectivity index (χ0v) is 16.1. The lowest BCUT2D eigenvalue weighted by atomic mass is 10.2. The topological polar surface area (TPSA) is 47.8 Å². The average Bonchev–Trinajstić information content (AvgIpc) is 3.27. The molecule has 0 bridgehead atoms. The van der Waals surface area contributed by atoms with E-state index in [1.807, 2.05) is 66.3 Å². The van der Waals surface area contributed by atoms with Crippen LogP contribution in [0.25, 0.3) is 16.0 Å². The van der Waals surface area contributed by atoms with Gasteiger partial charge in [-0.25, -0.2) is 9.97 Å². The number of pyridine rings is 1. The quantitative estimate of drug-likeness (QED) is 0.359. The highest BCUT2D eigenvalue weighted by molar-refractivity contribution is 7.99. The zero-order chi connectivity index (χ0) is 18.1. The molecule has 0 aliphatic carbocycles. The Balaban J connectivity index is 1.54. The number of rotatable bonds is 5. The number of aryl methyl sites for hydroxylation is 1. The number of aromatic nitrogens is 3. The minimum atomic E-state index is 0.112. The van der Waals surface area contributed by atoms with Crippen molar-refractivity contribution in [2.45, 2.75) is 18.9 Å². The van der Waals surface area contributed by atoms with Crippen molar-refractivity contribution in [2.75, 3.05) is 5.75 Å². The van der Waals surface area contributed by atoms with Crippen LogP contribution in [0.1, 0.15) is 21.7 Å². The molecule has 0 aliphatic rings. The van der Waals surface area contributed by atoms with Crippen molar-refractivity contribution in [3.63, 3.8) is 0 Å². The SMILES string of the molecule is Cc1cc(C(=O)CSc2ccc3ccccc3n2)c(C)n1-c1nccs1. The van der Waals surface area contributed by atoms with Gasteiger partial charge in [-0.15, -0.1) is 11.3 Å². The summed E-state index contributed by atoms with van der Waals surface area (Å²) < 4.78 is 2.04. The number of carbonyl (C=O) groups is 1. The van der Waals surface area contributed by atoms with E-state index in [-0.39, 0.29) is 5.78 Å². The Morgan fingerprint density at radius 2 is 2.04 bits per heavy atom. The van der Waals surface area contributed by atoms with Crippen molar-refractivity contribution in [2.24, 2.45) is 0 Å². The number of hydrogen-bond acceptors (Lipinski definition) is 5. The van der Waals surface area contributed by atoms with E-state index in [0.29, 0.717) is 5.75 Å². The van der Waals surface area contributed by atoms with Gasteiger partial charge in [-0.3, -0.25) is 9.36 Å². The molecule has 4 rings (SSSR count). The number of hydrogen-bond donors (Lipinski definition) is 0. The van der Waals surface area contributed by atoms with Gasteiger partial charge in [0.15, 0.2) is 10.9 Å². The highest BCUT2D eigenvalue weighted by Gasteiger charge is 2.18. The van der Waals surface area contributed by atoms with Gasteiger partial charge >= 0.3 is 0 Å². The molecule has 6 heteroatoms. The van der Waals surface area contributed by atoms with Crippen LogP contribution < -0.4 is 0 Å². The van der Waals surface area contributed by atoms with Gasteiger partial charge in [0.2, 0.25) is 0 Å². The summed E-state index contributed by atoms with van der Waals surface area (Å²) >= 11 is 3.04. The third-order valence-electron chi connectivity index (χ3n) is 4.27. The Kier molecular flexibility index (Phi) is 4.61. The molecule has 0 fully saturated rings. The summed E-state index contributed by atoms with van der Waals surface area (Å²) in [4.78, 5) is 21.7. The lowest BCUT2D eigenvalue weighted by molar-refractivity contribution is 0.102. The van der Waals surface area contributed by atoms with Crippen molar-refractivity contribution in [1.29, 1.82) is 0 Å². The Morgan fingerprint density at radius 3 is 2.85 bits per heavy atom. The minimum Gasteiger partial charge on any atom is -0.294 e. The standard InChI is InChI=1S/C20H17N3OS2/c1-13-11-16(14(2)23(13)20-21-9-10-25-20)18(24)12-26-19-8-7-15-5-3-4-6-17(15)22-19/h3-11H,12H2,1-2H3. The van der Waals surface area contributed by atoms with E-state index in [1.165, 1.54) is 11.8 Å². The molecule has 0 saturated carbocycles. The molecule has 0 amide bonds. The van der Waals surface area contributed by atoms with E-state index in [2.05, 4.69) is 9.97 Å². The molecule has 4 aromatic rings. The molecule has 0 aliphatic heterocycles. The van der Waals surface area contributed by atoms with Crippen LogP contribution >= 0.6 is 23.1 Å². The first-order valence-corrected chi connectivity index (χ1v) is 10.1. The van der Waals surface area contributed by atoms with Gasteiger partial charge in [-0.1, -0.05) is 36.0 Å². The van der Waals surface area contributed by atoms with Crippen LogP contribution in [0.3, 0.4) is 0 Å². The predicted molar refractivity (Wildman–Crippen MR) is 108 cm³/mol. The molecule has 3 aromatic heterocycles. The van der Waals surface area contributed by atoms with Gasteiger partial charge in [0.25, 0.3) is 0 Å². The average molecular weight is 380 g/mol. The van der Waals surface area contributed by atoms with Crippen molar-refractivity contribution in [1.82, 2.24) is 14.5 Å². The third kappa shape index (κ3) is 3.18. The lowest BCUT2D eigenvalue weighted by Gasteiger charge is -2.06. The first kappa shape index (κ1) is 17.0. The number of fused-ring (bicyclic) bond motifs is 1. The molecule has 0 radical (unpaired) electrons. The second kappa shape index (κ2) is 7.05. The van der Waals surface area contributed by atoms with Crippen LogP contribution in [-0.4, -0.2) is 26.1 Å². The summed E-state index contributed by atoms with van der Waals surface area (Å²) in [5, 5.41) is 4.81. The number of nitrogens with zero attached hydrogens (tertiary/aromatic N) is 3. The van der Waals surface area contributed by atoms with Crippen LogP contribution in [0, 0.1) is 13.8 Å². The van der Waals surface area contributed by atoms with Gasteiger partial charge < -0.3 is 0 Å². The van der Waals surface area contributed by atoms with E-state index >= 15 is 0 Å². The Bertz CT molecular complexity index is 1080. The largest absolute Gasteiger partial charge is 0.294 e. The first-order valence-electron chi connectivity index (χ1n) is 8.24.